The van der Waals surface area contributed by atoms with Gasteiger partial charge in [0.2, 0.25) is 5.91 Å². The molecule has 0 spiro atoms. The molecule has 0 aliphatic carbocycles. The molecule has 2 N–H and O–H groups in total. The van der Waals surface area contributed by atoms with Crippen LogP contribution in [-0.2, 0) is 16.1 Å². The van der Waals surface area contributed by atoms with Crippen LogP contribution in [0.15, 0.2) is 54.9 Å². The lowest BCUT2D eigenvalue weighted by molar-refractivity contribution is -0.139. The molecule has 2 rings (SSSR count). The maximum atomic E-state index is 11.7. The van der Waals surface area contributed by atoms with Crippen molar-refractivity contribution in [1.82, 2.24) is 10.3 Å². The number of rotatable bonds is 7. The fourth-order valence-corrected chi connectivity index (χ4v) is 1.74. The van der Waals surface area contributed by atoms with Crippen molar-refractivity contribution < 1.29 is 19.4 Å². The molecule has 0 saturated heterocycles. The number of carbonyl (C=O) groups is 2. The van der Waals surface area contributed by atoms with Gasteiger partial charge in [0.15, 0.2) is 6.61 Å². The summed E-state index contributed by atoms with van der Waals surface area (Å²) in [6.07, 6.45) is 6.47. The number of carboxylic acids is 1. The number of nitrogens with zero attached hydrogens (tertiary/aromatic N) is 1. The normalized spacial score (nSPS) is 10.0. The van der Waals surface area contributed by atoms with Gasteiger partial charge in [-0.2, -0.15) is 0 Å². The number of hydrogen-bond acceptors (Lipinski definition) is 4. The van der Waals surface area contributed by atoms with E-state index in [9.17, 15) is 9.59 Å². The Morgan fingerprint density at radius 3 is 2.58 bits per heavy atom. The van der Waals surface area contributed by atoms with Gasteiger partial charge in [0, 0.05) is 25.0 Å². The van der Waals surface area contributed by atoms with Gasteiger partial charge in [0.25, 0.3) is 0 Å². The van der Waals surface area contributed by atoms with Crippen LogP contribution in [0.1, 0.15) is 11.1 Å². The van der Waals surface area contributed by atoms with Crippen molar-refractivity contribution in [2.45, 2.75) is 6.54 Å². The molecule has 1 aromatic carbocycles. The molecule has 0 atom stereocenters. The Hall–Kier alpha value is -2.86. The first-order valence-corrected chi connectivity index (χ1v) is 6.93. The predicted octanol–water partition coefficient (Wildman–Crippen LogP) is 2.30. The summed E-state index contributed by atoms with van der Waals surface area (Å²) in [6.45, 7) is 0.0327. The lowest BCUT2D eigenvalue weighted by Crippen LogP contribution is -2.20. The number of aliphatic carboxylic acids is 1. The number of carbonyl (C=O) groups excluding carboxylic acids is 1. The summed E-state index contributed by atoms with van der Waals surface area (Å²) in [5.74, 6) is -0.773. The highest BCUT2D eigenvalue weighted by Gasteiger charge is 1.99. The maximum absolute atomic E-state index is 11.7. The van der Waals surface area contributed by atoms with E-state index in [1.807, 2.05) is 12.1 Å². The van der Waals surface area contributed by atoms with E-state index in [2.05, 4.69) is 10.3 Å². The third-order valence-corrected chi connectivity index (χ3v) is 2.86. The second-order valence-electron chi connectivity index (χ2n) is 4.66. The number of hydrogen-bond donors (Lipinski definition) is 2. The summed E-state index contributed by atoms with van der Waals surface area (Å²) in [5, 5.41) is 11.3. The van der Waals surface area contributed by atoms with Gasteiger partial charge in [0.1, 0.15) is 5.75 Å². The van der Waals surface area contributed by atoms with Crippen LogP contribution in [0.5, 0.6) is 5.75 Å². The van der Waals surface area contributed by atoms with Crippen LogP contribution in [0.2, 0.25) is 0 Å². The van der Waals surface area contributed by atoms with Crippen LogP contribution in [0, 0.1) is 0 Å². The average Bonchev–Trinajstić information content (AvgIpc) is 2.58. The van der Waals surface area contributed by atoms with Crippen LogP contribution in [0.4, 0.5) is 0 Å². The molecule has 1 amide bonds. The fraction of sp³-hybridized carbons (Fsp3) is 0.118. The van der Waals surface area contributed by atoms with Gasteiger partial charge in [-0.3, -0.25) is 9.78 Å². The van der Waals surface area contributed by atoms with E-state index in [4.69, 9.17) is 9.84 Å². The van der Waals surface area contributed by atoms with Crippen molar-refractivity contribution in [1.29, 1.82) is 0 Å². The minimum absolute atomic E-state index is 0. The van der Waals surface area contributed by atoms with Crippen molar-refractivity contribution in [3.05, 3.63) is 66.0 Å². The summed E-state index contributed by atoms with van der Waals surface area (Å²) < 4.78 is 5.03. The number of carboxylic acid groups (broad SMARTS) is 1. The zero-order valence-electron chi connectivity index (χ0n) is 12.7. The third kappa shape index (κ3) is 6.93. The van der Waals surface area contributed by atoms with E-state index >= 15 is 0 Å². The number of benzene rings is 1. The predicted molar refractivity (Wildman–Crippen MR) is 91.9 cm³/mol. The highest BCUT2D eigenvalue weighted by atomic mass is 35.5. The standard InChI is InChI=1S/C17H16N2O4.ClH/c20-16(19-11-14-2-1-9-18-10-14)8-5-13-3-6-15(7-4-13)23-12-17(21)22;/h1-10H,11-12H2,(H,19,20)(H,21,22);1H/b8-5+;. The van der Waals surface area contributed by atoms with E-state index in [1.54, 1.807) is 42.7 Å². The molecular weight excluding hydrogens is 332 g/mol. The number of ether oxygens (including phenoxy) is 1. The minimum Gasteiger partial charge on any atom is -0.482 e. The molecule has 7 heteroatoms. The number of pyridine rings is 1. The highest BCUT2D eigenvalue weighted by Crippen LogP contribution is 2.13. The molecule has 0 saturated carbocycles. The van der Waals surface area contributed by atoms with Gasteiger partial charge in [-0.15, -0.1) is 12.4 Å². The van der Waals surface area contributed by atoms with Crippen molar-refractivity contribution in [3.8, 4) is 5.75 Å². The molecule has 0 aliphatic rings. The molecule has 0 unspecified atom stereocenters. The Morgan fingerprint density at radius 1 is 1.21 bits per heavy atom. The molecule has 24 heavy (non-hydrogen) atoms. The number of nitrogens with one attached hydrogen (secondary N) is 1. The first-order chi connectivity index (χ1) is 11.1. The summed E-state index contributed by atoms with van der Waals surface area (Å²) in [6, 6.07) is 10.5. The number of amides is 1. The Morgan fingerprint density at radius 2 is 1.96 bits per heavy atom. The quantitative estimate of drug-likeness (QED) is 0.749. The first-order valence-electron chi connectivity index (χ1n) is 6.93. The molecular formula is C17H17ClN2O4. The van der Waals surface area contributed by atoms with Crippen molar-refractivity contribution in [3.63, 3.8) is 0 Å². The fourth-order valence-electron chi connectivity index (χ4n) is 1.74. The minimum atomic E-state index is -1.03. The van der Waals surface area contributed by atoms with Crippen molar-refractivity contribution in [2.75, 3.05) is 6.61 Å². The summed E-state index contributed by atoms with van der Waals surface area (Å²) in [4.78, 5) is 26.1. The molecule has 0 fully saturated rings. The van der Waals surface area contributed by atoms with Crippen LogP contribution < -0.4 is 10.1 Å². The van der Waals surface area contributed by atoms with Crippen molar-refractivity contribution in [2.24, 2.45) is 0 Å². The monoisotopic (exact) mass is 348 g/mol. The molecule has 0 bridgehead atoms. The van der Waals surface area contributed by atoms with Gasteiger partial charge in [0.05, 0.1) is 0 Å². The molecule has 2 aromatic rings. The van der Waals surface area contributed by atoms with Gasteiger partial charge in [-0.25, -0.2) is 4.79 Å². The molecule has 0 aliphatic heterocycles. The van der Waals surface area contributed by atoms with E-state index < -0.39 is 5.97 Å². The third-order valence-electron chi connectivity index (χ3n) is 2.86. The topological polar surface area (TPSA) is 88.5 Å². The second-order valence-corrected chi connectivity index (χ2v) is 4.66. The van der Waals surface area contributed by atoms with Gasteiger partial charge in [-0.1, -0.05) is 18.2 Å². The zero-order valence-corrected chi connectivity index (χ0v) is 13.5. The van der Waals surface area contributed by atoms with Gasteiger partial charge >= 0.3 is 5.97 Å². The molecule has 0 radical (unpaired) electrons. The number of aromatic nitrogens is 1. The lowest BCUT2D eigenvalue weighted by Gasteiger charge is -2.03. The molecule has 1 aromatic heterocycles. The molecule has 126 valence electrons. The van der Waals surface area contributed by atoms with Crippen LogP contribution >= 0.6 is 12.4 Å². The highest BCUT2D eigenvalue weighted by molar-refractivity contribution is 5.91. The Balaban J connectivity index is 0.00000288. The molecule has 1 heterocycles. The van der Waals surface area contributed by atoms with Gasteiger partial charge in [-0.05, 0) is 35.4 Å². The van der Waals surface area contributed by atoms with E-state index in [1.165, 1.54) is 6.08 Å². The van der Waals surface area contributed by atoms with Crippen molar-refractivity contribution >= 4 is 30.4 Å². The Bertz CT molecular complexity index is 687. The lowest BCUT2D eigenvalue weighted by atomic mass is 10.2. The Kier molecular flexibility index (Phi) is 8.01. The van der Waals surface area contributed by atoms with E-state index in [0.717, 1.165) is 11.1 Å². The summed E-state index contributed by atoms with van der Waals surface area (Å²) in [7, 11) is 0. The summed E-state index contributed by atoms with van der Waals surface area (Å²) in [5.41, 5.74) is 1.73. The van der Waals surface area contributed by atoms with Crippen LogP contribution in [0.25, 0.3) is 6.08 Å². The molecule has 6 nitrogen and oxygen atoms in total. The first kappa shape index (κ1) is 19.2. The van der Waals surface area contributed by atoms with Crippen LogP contribution in [-0.4, -0.2) is 28.6 Å². The maximum Gasteiger partial charge on any atom is 0.341 e. The zero-order chi connectivity index (χ0) is 16.5. The van der Waals surface area contributed by atoms with Gasteiger partial charge < -0.3 is 15.2 Å². The Labute approximate surface area is 145 Å². The summed E-state index contributed by atoms with van der Waals surface area (Å²) >= 11 is 0. The number of halogens is 1. The van der Waals surface area contributed by atoms with E-state index in [-0.39, 0.29) is 24.9 Å². The largest absolute Gasteiger partial charge is 0.482 e. The van der Waals surface area contributed by atoms with Crippen LogP contribution in [0.3, 0.4) is 0 Å². The smallest absolute Gasteiger partial charge is 0.341 e. The van der Waals surface area contributed by atoms with E-state index in [0.29, 0.717) is 12.3 Å². The SMILES string of the molecule is Cl.O=C(O)COc1ccc(/C=C/C(=O)NCc2cccnc2)cc1. The second kappa shape index (κ2) is 10.0. The average molecular weight is 349 g/mol.